The van der Waals surface area contributed by atoms with Crippen molar-refractivity contribution in [2.24, 2.45) is 5.92 Å². The van der Waals surface area contributed by atoms with Crippen LogP contribution in [0.3, 0.4) is 0 Å². The van der Waals surface area contributed by atoms with E-state index in [1.54, 1.807) is 35.2 Å². The lowest BCUT2D eigenvalue weighted by atomic mass is 9.78. The summed E-state index contributed by atoms with van der Waals surface area (Å²) in [6.07, 6.45) is -4.05. The summed E-state index contributed by atoms with van der Waals surface area (Å²) in [4.78, 5) is 15.0. The van der Waals surface area contributed by atoms with E-state index in [0.29, 0.717) is 24.0 Å². The summed E-state index contributed by atoms with van der Waals surface area (Å²) in [6, 6.07) is 20.3. The van der Waals surface area contributed by atoms with E-state index in [9.17, 15) is 34.7 Å². The van der Waals surface area contributed by atoms with Gasteiger partial charge in [-0.1, -0.05) is 42.5 Å². The number of anilines is 1. The Morgan fingerprint density at radius 1 is 0.850 bits per heavy atom. The van der Waals surface area contributed by atoms with Crippen LogP contribution in [0.1, 0.15) is 35.6 Å². The molecule has 2 aliphatic heterocycles. The zero-order valence-corrected chi connectivity index (χ0v) is 21.9. The van der Waals surface area contributed by atoms with Gasteiger partial charge >= 0.3 is 0 Å². The summed E-state index contributed by atoms with van der Waals surface area (Å²) in [5.41, 5.74) is 2.94. The van der Waals surface area contributed by atoms with Crippen LogP contribution in [-0.4, -0.2) is 68.6 Å². The maximum absolute atomic E-state index is 13.3. The first kappa shape index (κ1) is 28.2. The third kappa shape index (κ3) is 5.61. The number of aryl methyl sites for hydroxylation is 1. The predicted octanol–water partition coefficient (Wildman–Crippen LogP) is 2.64. The molecule has 3 aromatic rings. The predicted molar refractivity (Wildman–Crippen MR) is 145 cm³/mol. The number of carbonyl (C=O) groups is 1. The largest absolute Gasteiger partial charge is 0.508 e. The van der Waals surface area contributed by atoms with Crippen LogP contribution in [0.5, 0.6) is 5.75 Å². The number of nitrogens with zero attached hydrogens (tertiary/aromatic N) is 1. The number of ether oxygens (including phenoxy) is 1. The van der Waals surface area contributed by atoms with Gasteiger partial charge in [-0.15, -0.1) is 0 Å². The molecule has 5 N–H and O–H groups in total. The van der Waals surface area contributed by atoms with Gasteiger partial charge in [-0.3, -0.25) is 4.79 Å². The van der Waals surface area contributed by atoms with E-state index in [1.165, 1.54) is 12.1 Å². The molecule has 0 radical (unpaired) electrons. The summed E-state index contributed by atoms with van der Waals surface area (Å²) in [5, 5.41) is 51.1. The number of aliphatic hydroxyl groups is 4. The third-order valence-electron chi connectivity index (χ3n) is 7.98. The second-order valence-corrected chi connectivity index (χ2v) is 10.6. The second-order valence-electron chi connectivity index (χ2n) is 10.6. The van der Waals surface area contributed by atoms with Gasteiger partial charge in [0.1, 0.15) is 36.0 Å². The van der Waals surface area contributed by atoms with Crippen LogP contribution in [-0.2, 0) is 22.4 Å². The highest BCUT2D eigenvalue weighted by molar-refractivity contribution is 6.03. The number of amides is 1. The number of benzene rings is 3. The minimum Gasteiger partial charge on any atom is -0.508 e. The van der Waals surface area contributed by atoms with Gasteiger partial charge in [0.15, 0.2) is 0 Å². The first-order chi connectivity index (χ1) is 19.3. The van der Waals surface area contributed by atoms with Crippen molar-refractivity contribution in [1.29, 1.82) is 0 Å². The number of hydrogen-bond donors (Lipinski definition) is 5. The smallest absolute Gasteiger partial charge is 0.233 e. The molecule has 3 aromatic carbocycles. The molecule has 0 aromatic heterocycles. The molecule has 5 rings (SSSR count). The van der Waals surface area contributed by atoms with Gasteiger partial charge in [0.2, 0.25) is 5.91 Å². The van der Waals surface area contributed by atoms with E-state index in [0.717, 1.165) is 17.7 Å². The van der Waals surface area contributed by atoms with E-state index in [-0.39, 0.29) is 35.9 Å². The number of aromatic hydroxyl groups is 1. The van der Waals surface area contributed by atoms with Crippen LogP contribution in [0.2, 0.25) is 0 Å². The fourth-order valence-electron chi connectivity index (χ4n) is 5.79. The zero-order chi connectivity index (χ0) is 28.4. The van der Waals surface area contributed by atoms with Crippen LogP contribution in [0.4, 0.5) is 10.1 Å². The average Bonchev–Trinajstić information content (AvgIpc) is 2.96. The van der Waals surface area contributed by atoms with Gasteiger partial charge in [0.25, 0.3) is 0 Å². The van der Waals surface area contributed by atoms with E-state index in [4.69, 9.17) is 4.74 Å². The maximum atomic E-state index is 13.3. The molecule has 2 aliphatic rings. The highest BCUT2D eigenvalue weighted by Gasteiger charge is 2.49. The molecule has 0 bridgehead atoms. The van der Waals surface area contributed by atoms with Crippen LogP contribution < -0.4 is 4.90 Å². The van der Waals surface area contributed by atoms with Gasteiger partial charge in [-0.25, -0.2) is 4.39 Å². The van der Waals surface area contributed by atoms with Gasteiger partial charge < -0.3 is 35.2 Å². The lowest BCUT2D eigenvalue weighted by molar-refractivity contribution is -0.228. The molecular formula is C31H34FNO7. The monoisotopic (exact) mass is 551 g/mol. The van der Waals surface area contributed by atoms with Gasteiger partial charge in [0.05, 0.1) is 24.7 Å². The van der Waals surface area contributed by atoms with E-state index in [1.807, 2.05) is 30.3 Å². The standard InChI is InChI=1S/C31H34FNO7/c32-20-12-9-18(10-13-20)5-4-8-23-27(33(31(23)39)21-6-2-1-3-7-21)22-14-11-19(15-24(22)35)16-25-28(36)30(38)29(37)26(17-34)40-25/h1-3,6-7,9-15,23,25-30,34-38H,4-5,8,16-17H2/t23-,25+,26-,27-,28+,29-,30-/m1/s1. The molecule has 7 atom stereocenters. The second kappa shape index (κ2) is 12.0. The summed E-state index contributed by atoms with van der Waals surface area (Å²) in [5.74, 6) is -0.672. The highest BCUT2D eigenvalue weighted by Crippen LogP contribution is 2.48. The zero-order valence-electron chi connectivity index (χ0n) is 21.9. The molecule has 2 fully saturated rings. The topological polar surface area (TPSA) is 131 Å². The van der Waals surface area contributed by atoms with Crippen molar-refractivity contribution in [3.63, 3.8) is 0 Å². The van der Waals surface area contributed by atoms with Crippen LogP contribution in [0, 0.1) is 11.7 Å². The molecule has 212 valence electrons. The van der Waals surface area contributed by atoms with Crippen LogP contribution >= 0.6 is 0 Å². The quantitative estimate of drug-likeness (QED) is 0.259. The summed E-state index contributed by atoms with van der Waals surface area (Å²) < 4.78 is 18.9. The molecule has 0 spiro atoms. The number of carbonyl (C=O) groups excluding carboxylic acids is 1. The SMILES string of the molecule is O=C1[C@H](CCCc2ccc(F)cc2)[C@@H](c2ccc(C[C@@H]3O[C@H](CO)[C@@H](O)[C@H](O)[C@H]3O)cc2O)N1c1ccccc1. The van der Waals surface area contributed by atoms with Crippen molar-refractivity contribution >= 4 is 11.6 Å². The van der Waals surface area contributed by atoms with Crippen molar-refractivity contribution in [1.82, 2.24) is 0 Å². The summed E-state index contributed by atoms with van der Waals surface area (Å²) in [7, 11) is 0. The van der Waals surface area contributed by atoms with Gasteiger partial charge in [-0.2, -0.15) is 0 Å². The van der Waals surface area contributed by atoms with Crippen LogP contribution in [0.25, 0.3) is 0 Å². The van der Waals surface area contributed by atoms with Crippen molar-refractivity contribution in [3.05, 3.63) is 95.3 Å². The van der Waals surface area contributed by atoms with E-state index < -0.39 is 37.1 Å². The Kier molecular flexibility index (Phi) is 8.48. The Hall–Kier alpha value is -3.34. The Morgan fingerprint density at radius 3 is 2.20 bits per heavy atom. The molecule has 1 amide bonds. The molecule has 40 heavy (non-hydrogen) atoms. The van der Waals surface area contributed by atoms with Crippen molar-refractivity contribution < 1.29 is 39.5 Å². The molecule has 9 heteroatoms. The van der Waals surface area contributed by atoms with Gasteiger partial charge in [-0.05, 0) is 60.7 Å². The number of phenolic OH excluding ortho intramolecular Hbond substituents is 1. The molecule has 0 saturated carbocycles. The minimum absolute atomic E-state index is 0.0101. The summed E-state index contributed by atoms with van der Waals surface area (Å²) in [6.45, 7) is -0.515. The number of halogens is 1. The fourth-order valence-corrected chi connectivity index (χ4v) is 5.79. The molecule has 0 aliphatic carbocycles. The van der Waals surface area contributed by atoms with E-state index in [2.05, 4.69) is 0 Å². The lowest BCUT2D eigenvalue weighted by Gasteiger charge is -2.48. The summed E-state index contributed by atoms with van der Waals surface area (Å²) >= 11 is 0. The molecule has 2 saturated heterocycles. The molecule has 2 heterocycles. The Labute approximate surface area is 231 Å². The highest BCUT2D eigenvalue weighted by atomic mass is 19.1. The Morgan fingerprint density at radius 2 is 1.52 bits per heavy atom. The first-order valence-corrected chi connectivity index (χ1v) is 13.5. The molecule has 8 nitrogen and oxygen atoms in total. The molecular weight excluding hydrogens is 517 g/mol. The maximum Gasteiger partial charge on any atom is 0.233 e. The molecule has 0 unspecified atom stereocenters. The number of aliphatic hydroxyl groups excluding tert-OH is 4. The minimum atomic E-state index is -1.47. The van der Waals surface area contributed by atoms with Crippen LogP contribution in [0.15, 0.2) is 72.8 Å². The average molecular weight is 552 g/mol. The normalized spacial score (nSPS) is 28.4. The number of hydrogen-bond acceptors (Lipinski definition) is 7. The number of β-lactam (4-membered cyclic amide) rings is 1. The first-order valence-electron chi connectivity index (χ1n) is 13.5. The number of para-hydroxylation sites is 1. The van der Waals surface area contributed by atoms with Crippen molar-refractivity contribution in [2.75, 3.05) is 11.5 Å². The number of rotatable bonds is 9. The Bertz CT molecular complexity index is 1300. The fraction of sp³-hybridized carbons (Fsp3) is 0.387. The van der Waals surface area contributed by atoms with Crippen molar-refractivity contribution in [3.8, 4) is 5.75 Å². The van der Waals surface area contributed by atoms with Gasteiger partial charge in [0, 0.05) is 17.7 Å². The van der Waals surface area contributed by atoms with Crippen molar-refractivity contribution in [2.45, 2.75) is 62.2 Å². The Balaban J connectivity index is 1.34. The third-order valence-corrected chi connectivity index (χ3v) is 7.98. The number of phenols is 1. The van der Waals surface area contributed by atoms with E-state index >= 15 is 0 Å². The lowest BCUT2D eigenvalue weighted by Crippen LogP contribution is -2.59.